The zero-order chi connectivity index (χ0) is 16.5. The van der Waals surface area contributed by atoms with E-state index in [4.69, 9.17) is 17.3 Å². The lowest BCUT2D eigenvalue weighted by Crippen LogP contribution is -2.00. The van der Waals surface area contributed by atoms with E-state index in [9.17, 15) is 0 Å². The number of fused-ring (bicyclic) bond motifs is 1. The van der Waals surface area contributed by atoms with Gasteiger partial charge in [-0.15, -0.1) is 0 Å². The van der Waals surface area contributed by atoms with Crippen molar-refractivity contribution in [3.63, 3.8) is 0 Å². The van der Waals surface area contributed by atoms with Crippen LogP contribution in [0.1, 0.15) is 11.1 Å². The number of nitrogens with one attached hydrogen (secondary N) is 1. The van der Waals surface area contributed by atoms with Crippen molar-refractivity contribution in [2.24, 2.45) is 4.99 Å². The highest BCUT2D eigenvalue weighted by molar-refractivity contribution is 6.30. The van der Waals surface area contributed by atoms with E-state index in [1.807, 2.05) is 30.5 Å². The third-order valence-electron chi connectivity index (χ3n) is 3.87. The molecule has 4 rings (SSSR count). The summed E-state index contributed by atoms with van der Waals surface area (Å²) in [6.45, 7) is 0.689. The van der Waals surface area contributed by atoms with E-state index in [-0.39, 0.29) is 5.95 Å². The molecular formula is C18H14ClN5. The molecule has 24 heavy (non-hydrogen) atoms. The van der Waals surface area contributed by atoms with Gasteiger partial charge in [-0.2, -0.15) is 4.98 Å². The van der Waals surface area contributed by atoms with Crippen LogP contribution in [0.15, 0.2) is 53.7 Å². The van der Waals surface area contributed by atoms with Gasteiger partial charge in [0.2, 0.25) is 5.95 Å². The Morgan fingerprint density at radius 1 is 1.08 bits per heavy atom. The molecule has 0 fully saturated rings. The molecule has 3 aromatic rings. The summed E-state index contributed by atoms with van der Waals surface area (Å²) in [5.41, 5.74) is 11.1. The second-order valence-electron chi connectivity index (χ2n) is 5.49. The SMILES string of the molecule is Nc1nccc(Nc2cc3c(c(-c4ccc(Cl)cc4)c2)CN=C3)n1. The van der Waals surface area contributed by atoms with Crippen molar-refractivity contribution in [3.05, 3.63) is 64.8 Å². The van der Waals surface area contributed by atoms with Crippen LogP contribution in [0.5, 0.6) is 0 Å². The van der Waals surface area contributed by atoms with Gasteiger partial charge in [0.1, 0.15) is 5.82 Å². The van der Waals surface area contributed by atoms with Crippen LogP contribution in [0.25, 0.3) is 11.1 Å². The van der Waals surface area contributed by atoms with Crippen molar-refractivity contribution in [1.82, 2.24) is 9.97 Å². The number of aromatic nitrogens is 2. The predicted octanol–water partition coefficient (Wildman–Crippen LogP) is 4.06. The van der Waals surface area contributed by atoms with Crippen LogP contribution < -0.4 is 11.1 Å². The highest BCUT2D eigenvalue weighted by Gasteiger charge is 2.15. The van der Waals surface area contributed by atoms with Gasteiger partial charge >= 0.3 is 0 Å². The van der Waals surface area contributed by atoms with Gasteiger partial charge in [0.15, 0.2) is 0 Å². The van der Waals surface area contributed by atoms with Crippen LogP contribution in [0.4, 0.5) is 17.5 Å². The number of rotatable bonds is 3. The lowest BCUT2D eigenvalue weighted by molar-refractivity contribution is 1.11. The van der Waals surface area contributed by atoms with Crippen LogP contribution >= 0.6 is 11.6 Å². The summed E-state index contributed by atoms with van der Waals surface area (Å²) in [6.07, 6.45) is 3.52. The monoisotopic (exact) mass is 335 g/mol. The molecule has 0 aliphatic carbocycles. The van der Waals surface area contributed by atoms with Crippen LogP contribution in [-0.4, -0.2) is 16.2 Å². The zero-order valence-corrected chi connectivity index (χ0v) is 13.5. The average Bonchev–Trinajstić information content (AvgIpc) is 3.03. The second kappa shape index (κ2) is 5.94. The quantitative estimate of drug-likeness (QED) is 0.757. The first kappa shape index (κ1) is 14.7. The van der Waals surface area contributed by atoms with E-state index in [0.717, 1.165) is 27.4 Å². The Balaban J connectivity index is 1.77. The van der Waals surface area contributed by atoms with E-state index >= 15 is 0 Å². The number of nitrogens with two attached hydrogens (primary N) is 1. The molecule has 1 aliphatic rings. The highest BCUT2D eigenvalue weighted by atomic mass is 35.5. The maximum absolute atomic E-state index is 6.01. The Labute approximate surface area is 144 Å². The fraction of sp³-hybridized carbons (Fsp3) is 0.0556. The van der Waals surface area contributed by atoms with Crippen molar-refractivity contribution in [3.8, 4) is 11.1 Å². The average molecular weight is 336 g/mol. The molecule has 0 unspecified atom stereocenters. The number of nitrogen functional groups attached to an aromatic ring is 1. The van der Waals surface area contributed by atoms with Crippen molar-refractivity contribution in [2.75, 3.05) is 11.1 Å². The van der Waals surface area contributed by atoms with Crippen molar-refractivity contribution in [2.45, 2.75) is 6.54 Å². The fourth-order valence-corrected chi connectivity index (χ4v) is 2.90. The van der Waals surface area contributed by atoms with Crippen molar-refractivity contribution < 1.29 is 0 Å². The van der Waals surface area contributed by atoms with Gasteiger partial charge in [-0.05, 0) is 47.0 Å². The minimum Gasteiger partial charge on any atom is -0.368 e. The van der Waals surface area contributed by atoms with Crippen molar-refractivity contribution in [1.29, 1.82) is 0 Å². The molecular weight excluding hydrogens is 322 g/mol. The zero-order valence-electron chi connectivity index (χ0n) is 12.7. The first-order chi connectivity index (χ1) is 11.7. The molecule has 0 spiro atoms. The number of halogens is 1. The molecule has 0 saturated heterocycles. The Morgan fingerprint density at radius 2 is 1.92 bits per heavy atom. The lowest BCUT2D eigenvalue weighted by Gasteiger charge is -2.13. The van der Waals surface area contributed by atoms with Crippen LogP contribution in [0.3, 0.4) is 0 Å². The van der Waals surface area contributed by atoms with Gasteiger partial charge in [-0.1, -0.05) is 23.7 Å². The number of benzene rings is 2. The van der Waals surface area contributed by atoms with Crippen LogP contribution in [0, 0.1) is 0 Å². The number of aliphatic imine (C=N–C) groups is 1. The summed E-state index contributed by atoms with van der Waals surface area (Å²) in [5.74, 6) is 0.889. The largest absolute Gasteiger partial charge is 0.368 e. The van der Waals surface area contributed by atoms with Gasteiger partial charge in [0, 0.05) is 28.7 Å². The standard InChI is InChI=1S/C18H14ClN5/c19-13-3-1-11(2-4-13)15-8-14(7-12-9-21-10-16(12)15)23-17-5-6-22-18(20)24-17/h1-9H,10H2,(H3,20,22,23,24). The van der Waals surface area contributed by atoms with Crippen molar-refractivity contribution >= 4 is 35.3 Å². The summed E-state index contributed by atoms with van der Waals surface area (Å²) in [5, 5.41) is 4.00. The number of anilines is 3. The van der Waals surface area contributed by atoms with Gasteiger partial charge in [0.25, 0.3) is 0 Å². The van der Waals surface area contributed by atoms with Crippen LogP contribution in [0.2, 0.25) is 5.02 Å². The minimum absolute atomic E-state index is 0.237. The molecule has 3 N–H and O–H groups in total. The fourth-order valence-electron chi connectivity index (χ4n) is 2.77. The van der Waals surface area contributed by atoms with Crippen LogP contribution in [-0.2, 0) is 6.54 Å². The van der Waals surface area contributed by atoms with E-state index in [0.29, 0.717) is 12.4 Å². The normalized spacial score (nSPS) is 12.2. The molecule has 0 bridgehead atoms. The number of hydrogen-bond acceptors (Lipinski definition) is 5. The van der Waals surface area contributed by atoms with E-state index in [1.165, 1.54) is 5.56 Å². The predicted molar refractivity (Wildman–Crippen MR) is 97.9 cm³/mol. The third-order valence-corrected chi connectivity index (χ3v) is 4.12. The molecule has 118 valence electrons. The topological polar surface area (TPSA) is 76.2 Å². The van der Waals surface area contributed by atoms with E-state index in [2.05, 4.69) is 32.4 Å². The third kappa shape index (κ3) is 2.81. The molecule has 5 nitrogen and oxygen atoms in total. The molecule has 2 aromatic carbocycles. The van der Waals surface area contributed by atoms with E-state index < -0.39 is 0 Å². The first-order valence-electron chi connectivity index (χ1n) is 7.47. The Kier molecular flexibility index (Phi) is 3.63. The Bertz CT molecular complexity index is 935. The molecule has 0 atom stereocenters. The molecule has 0 amide bonds. The molecule has 2 heterocycles. The summed E-state index contributed by atoms with van der Waals surface area (Å²) < 4.78 is 0. The van der Waals surface area contributed by atoms with Gasteiger partial charge in [-0.3, -0.25) is 4.99 Å². The first-order valence-corrected chi connectivity index (χ1v) is 7.85. The van der Waals surface area contributed by atoms with Gasteiger partial charge in [0.05, 0.1) is 6.54 Å². The minimum atomic E-state index is 0.237. The number of hydrogen-bond donors (Lipinski definition) is 2. The highest BCUT2D eigenvalue weighted by Crippen LogP contribution is 2.33. The molecule has 1 aromatic heterocycles. The number of nitrogens with zero attached hydrogens (tertiary/aromatic N) is 3. The maximum Gasteiger partial charge on any atom is 0.221 e. The molecule has 1 aliphatic heterocycles. The Morgan fingerprint density at radius 3 is 2.71 bits per heavy atom. The lowest BCUT2D eigenvalue weighted by atomic mass is 9.96. The van der Waals surface area contributed by atoms with Gasteiger partial charge in [-0.25, -0.2) is 4.98 Å². The molecule has 6 heteroatoms. The molecule has 0 saturated carbocycles. The summed E-state index contributed by atoms with van der Waals surface area (Å²) in [7, 11) is 0. The Hall–Kier alpha value is -2.92. The second-order valence-corrected chi connectivity index (χ2v) is 5.93. The summed E-state index contributed by atoms with van der Waals surface area (Å²) >= 11 is 6.01. The summed E-state index contributed by atoms with van der Waals surface area (Å²) in [4.78, 5) is 12.5. The summed E-state index contributed by atoms with van der Waals surface area (Å²) in [6, 6.07) is 13.7. The van der Waals surface area contributed by atoms with Gasteiger partial charge < -0.3 is 11.1 Å². The molecule has 0 radical (unpaired) electrons. The smallest absolute Gasteiger partial charge is 0.221 e. The van der Waals surface area contributed by atoms with E-state index in [1.54, 1.807) is 12.3 Å². The maximum atomic E-state index is 6.01.